The minimum Gasteiger partial charge on any atom is -0.481 e. The van der Waals surface area contributed by atoms with Crippen LogP contribution in [0.25, 0.3) is 0 Å². The molecule has 106 valence electrons. The van der Waals surface area contributed by atoms with Crippen LogP contribution in [-0.4, -0.2) is 43.2 Å². The fraction of sp³-hybridized carbons (Fsp3) is 0.667. The second-order valence-corrected chi connectivity index (χ2v) is 5.18. The zero-order valence-electron chi connectivity index (χ0n) is 12.1. The fourth-order valence-corrected chi connectivity index (χ4v) is 2.77. The van der Waals surface area contributed by atoms with Gasteiger partial charge in [0.1, 0.15) is 0 Å². The molecular weight excluding hydrogens is 238 g/mol. The molecule has 0 bridgehead atoms. The molecule has 0 aromatic carbocycles. The van der Waals surface area contributed by atoms with Gasteiger partial charge in [-0.2, -0.15) is 0 Å². The molecule has 0 amide bonds. The lowest BCUT2D eigenvalue weighted by atomic mass is 9.99. The van der Waals surface area contributed by atoms with Gasteiger partial charge in [0.05, 0.1) is 12.8 Å². The van der Waals surface area contributed by atoms with E-state index in [1.54, 1.807) is 7.11 Å². The normalized spacial score (nSPS) is 20.4. The van der Waals surface area contributed by atoms with Crippen molar-refractivity contribution in [2.45, 2.75) is 38.3 Å². The highest BCUT2D eigenvalue weighted by molar-refractivity contribution is 5.15. The molecule has 19 heavy (non-hydrogen) atoms. The molecule has 1 unspecified atom stereocenters. The molecule has 1 N–H and O–H groups in total. The smallest absolute Gasteiger partial charge is 0.213 e. The Morgan fingerprint density at radius 2 is 2.32 bits per heavy atom. The second kappa shape index (κ2) is 7.46. The summed E-state index contributed by atoms with van der Waals surface area (Å²) in [7, 11) is 3.69. The van der Waals surface area contributed by atoms with Crippen molar-refractivity contribution in [2.24, 2.45) is 0 Å². The van der Waals surface area contributed by atoms with Gasteiger partial charge in [-0.15, -0.1) is 0 Å². The van der Waals surface area contributed by atoms with E-state index in [9.17, 15) is 0 Å². The zero-order valence-corrected chi connectivity index (χ0v) is 12.1. The summed E-state index contributed by atoms with van der Waals surface area (Å²) in [4.78, 5) is 7.09. The van der Waals surface area contributed by atoms with Gasteiger partial charge >= 0.3 is 0 Å². The number of likely N-dealkylation sites (tertiary alicyclic amines) is 1. The largest absolute Gasteiger partial charge is 0.481 e. The molecular formula is C15H25N3O. The minimum absolute atomic E-state index is 0.689. The molecule has 1 aromatic heterocycles. The molecule has 2 rings (SSSR count). The number of rotatable bonds is 6. The maximum absolute atomic E-state index is 5.20. The van der Waals surface area contributed by atoms with Gasteiger partial charge in [-0.3, -0.25) is 4.90 Å². The fourth-order valence-electron chi connectivity index (χ4n) is 2.77. The van der Waals surface area contributed by atoms with E-state index in [0.717, 1.165) is 18.8 Å². The van der Waals surface area contributed by atoms with E-state index in [2.05, 4.69) is 21.3 Å². The first-order valence-corrected chi connectivity index (χ1v) is 7.22. The predicted molar refractivity (Wildman–Crippen MR) is 77.4 cm³/mol. The summed E-state index contributed by atoms with van der Waals surface area (Å²) in [5, 5.41) is 3.26. The Hall–Kier alpha value is -1.13. The van der Waals surface area contributed by atoms with Crippen LogP contribution in [0.5, 0.6) is 5.88 Å². The summed E-state index contributed by atoms with van der Waals surface area (Å²) >= 11 is 0. The molecule has 1 fully saturated rings. The third-order valence-corrected chi connectivity index (χ3v) is 3.83. The van der Waals surface area contributed by atoms with Gasteiger partial charge < -0.3 is 10.1 Å². The van der Waals surface area contributed by atoms with Crippen molar-refractivity contribution in [2.75, 3.05) is 27.2 Å². The Bertz CT molecular complexity index is 383. The highest BCUT2D eigenvalue weighted by Gasteiger charge is 2.22. The molecule has 4 nitrogen and oxygen atoms in total. The number of hydrogen-bond acceptors (Lipinski definition) is 4. The lowest BCUT2D eigenvalue weighted by Gasteiger charge is -2.35. The van der Waals surface area contributed by atoms with E-state index in [1.165, 1.54) is 32.2 Å². The first-order chi connectivity index (χ1) is 9.33. The Kier molecular flexibility index (Phi) is 5.61. The highest BCUT2D eigenvalue weighted by Crippen LogP contribution is 2.21. The topological polar surface area (TPSA) is 37.4 Å². The molecule has 2 heterocycles. The van der Waals surface area contributed by atoms with Gasteiger partial charge in [0.15, 0.2) is 0 Å². The van der Waals surface area contributed by atoms with Crippen molar-refractivity contribution in [3.63, 3.8) is 0 Å². The zero-order chi connectivity index (χ0) is 13.5. The average Bonchev–Trinajstić information content (AvgIpc) is 2.46. The van der Waals surface area contributed by atoms with Crippen molar-refractivity contribution in [3.05, 3.63) is 23.9 Å². The van der Waals surface area contributed by atoms with Gasteiger partial charge in [-0.05, 0) is 45.5 Å². The first-order valence-electron chi connectivity index (χ1n) is 7.22. The summed E-state index contributed by atoms with van der Waals surface area (Å²) in [6.45, 7) is 3.21. The van der Waals surface area contributed by atoms with E-state index in [1.807, 2.05) is 19.2 Å². The van der Waals surface area contributed by atoms with E-state index >= 15 is 0 Å². The lowest BCUT2D eigenvalue weighted by molar-refractivity contribution is 0.130. The molecule has 1 aliphatic rings. The predicted octanol–water partition coefficient (Wildman–Crippen LogP) is 2.05. The molecule has 1 atom stereocenters. The molecule has 4 heteroatoms. The van der Waals surface area contributed by atoms with E-state index < -0.39 is 0 Å². The number of hydrogen-bond donors (Lipinski definition) is 1. The van der Waals surface area contributed by atoms with Crippen LogP contribution in [0.2, 0.25) is 0 Å². The quantitative estimate of drug-likeness (QED) is 0.852. The van der Waals surface area contributed by atoms with Crippen molar-refractivity contribution < 1.29 is 4.74 Å². The third kappa shape index (κ3) is 4.18. The molecule has 0 aliphatic carbocycles. The molecule has 1 aromatic rings. The van der Waals surface area contributed by atoms with Crippen LogP contribution in [0, 0.1) is 0 Å². The van der Waals surface area contributed by atoms with Gasteiger partial charge in [0.25, 0.3) is 0 Å². The van der Waals surface area contributed by atoms with Gasteiger partial charge in [-0.25, -0.2) is 4.98 Å². The summed E-state index contributed by atoms with van der Waals surface area (Å²) in [5.74, 6) is 0.710. The summed E-state index contributed by atoms with van der Waals surface area (Å²) in [6.07, 6.45) is 5.20. The van der Waals surface area contributed by atoms with Crippen molar-refractivity contribution in [1.29, 1.82) is 0 Å². The maximum atomic E-state index is 5.20. The van der Waals surface area contributed by atoms with Crippen LogP contribution in [-0.2, 0) is 6.54 Å². The summed E-state index contributed by atoms with van der Waals surface area (Å²) < 4.78 is 5.20. The Labute approximate surface area is 116 Å². The number of methoxy groups -OCH3 is 1. The van der Waals surface area contributed by atoms with Crippen molar-refractivity contribution in [3.8, 4) is 5.88 Å². The van der Waals surface area contributed by atoms with Gasteiger partial charge in [0.2, 0.25) is 5.88 Å². The maximum Gasteiger partial charge on any atom is 0.213 e. The van der Waals surface area contributed by atoms with Crippen LogP contribution in [0.4, 0.5) is 0 Å². The third-order valence-electron chi connectivity index (χ3n) is 3.83. The Morgan fingerprint density at radius 1 is 1.42 bits per heavy atom. The van der Waals surface area contributed by atoms with Crippen LogP contribution in [0.1, 0.15) is 31.4 Å². The number of piperidine rings is 1. The average molecular weight is 263 g/mol. The molecule has 0 saturated carbocycles. The lowest BCUT2D eigenvalue weighted by Crippen LogP contribution is -2.40. The monoisotopic (exact) mass is 263 g/mol. The number of ether oxygens (including phenoxy) is 1. The van der Waals surface area contributed by atoms with Crippen LogP contribution in [0.15, 0.2) is 18.2 Å². The van der Waals surface area contributed by atoms with E-state index in [-0.39, 0.29) is 0 Å². The number of aromatic nitrogens is 1. The SMILES string of the molecule is CNCCC1CCCCN1Cc1cccc(OC)n1. The Balaban J connectivity index is 1.97. The highest BCUT2D eigenvalue weighted by atomic mass is 16.5. The number of pyridine rings is 1. The minimum atomic E-state index is 0.689. The van der Waals surface area contributed by atoms with Crippen molar-refractivity contribution >= 4 is 0 Å². The molecule has 0 spiro atoms. The van der Waals surface area contributed by atoms with Crippen molar-refractivity contribution in [1.82, 2.24) is 15.2 Å². The molecule has 0 radical (unpaired) electrons. The summed E-state index contributed by atoms with van der Waals surface area (Å²) in [5.41, 5.74) is 1.11. The van der Waals surface area contributed by atoms with Crippen LogP contribution in [0.3, 0.4) is 0 Å². The molecule has 1 saturated heterocycles. The van der Waals surface area contributed by atoms with E-state index in [0.29, 0.717) is 11.9 Å². The van der Waals surface area contributed by atoms with Gasteiger partial charge in [0, 0.05) is 18.7 Å². The first kappa shape index (κ1) is 14.3. The van der Waals surface area contributed by atoms with Crippen LogP contribution >= 0.6 is 0 Å². The summed E-state index contributed by atoms with van der Waals surface area (Å²) in [6, 6.07) is 6.70. The van der Waals surface area contributed by atoms with Gasteiger partial charge in [-0.1, -0.05) is 12.5 Å². The number of nitrogens with zero attached hydrogens (tertiary/aromatic N) is 2. The van der Waals surface area contributed by atoms with Crippen LogP contribution < -0.4 is 10.1 Å². The standard InChI is InChI=1S/C15H25N3O/c1-16-10-9-14-7-3-4-11-18(14)12-13-6-5-8-15(17-13)19-2/h5-6,8,14,16H,3-4,7,9-12H2,1-2H3. The molecule has 1 aliphatic heterocycles. The number of nitrogens with one attached hydrogen (secondary N) is 1. The van der Waals surface area contributed by atoms with E-state index in [4.69, 9.17) is 4.74 Å². The Morgan fingerprint density at radius 3 is 3.11 bits per heavy atom. The second-order valence-electron chi connectivity index (χ2n) is 5.18.